The van der Waals surface area contributed by atoms with Crippen molar-refractivity contribution in [3.05, 3.63) is 101 Å². The lowest BCUT2D eigenvalue weighted by Crippen LogP contribution is -2.10. The Labute approximate surface area is 233 Å². The molecule has 5 aromatic rings. The summed E-state index contributed by atoms with van der Waals surface area (Å²) in [7, 11) is 1.61. The van der Waals surface area contributed by atoms with Crippen LogP contribution in [0.3, 0.4) is 0 Å². The van der Waals surface area contributed by atoms with Gasteiger partial charge in [0.1, 0.15) is 34.6 Å². The molecule has 0 unspecified atom stereocenters. The minimum absolute atomic E-state index is 0.243. The average molecular weight is 537 g/mol. The van der Waals surface area contributed by atoms with Gasteiger partial charge in [0.2, 0.25) is 0 Å². The highest BCUT2D eigenvalue weighted by Crippen LogP contribution is 2.35. The van der Waals surface area contributed by atoms with Crippen molar-refractivity contribution >= 4 is 33.8 Å². The van der Waals surface area contributed by atoms with Gasteiger partial charge in [0.05, 0.1) is 30.5 Å². The smallest absolute Gasteiger partial charge is 0.259 e. The average Bonchev–Trinajstić information content (AvgIpc) is 2.94. The number of para-hydroxylation sites is 3. The van der Waals surface area contributed by atoms with Crippen molar-refractivity contribution in [1.29, 1.82) is 0 Å². The van der Waals surface area contributed by atoms with Crippen LogP contribution in [0.5, 0.6) is 23.0 Å². The number of anilines is 4. The van der Waals surface area contributed by atoms with Crippen molar-refractivity contribution in [3.8, 4) is 23.0 Å². The Morgan fingerprint density at radius 1 is 0.850 bits per heavy atom. The molecule has 0 spiro atoms. The van der Waals surface area contributed by atoms with Gasteiger partial charge in [-0.05, 0) is 66.3 Å². The van der Waals surface area contributed by atoms with E-state index in [1.54, 1.807) is 13.3 Å². The summed E-state index contributed by atoms with van der Waals surface area (Å²) in [6.07, 6.45) is 2.56. The lowest BCUT2D eigenvalue weighted by atomic mass is 10.1. The number of hydrogen-bond donors (Lipinski definition) is 3. The van der Waals surface area contributed by atoms with Gasteiger partial charge in [0, 0.05) is 12.3 Å². The van der Waals surface area contributed by atoms with Gasteiger partial charge >= 0.3 is 0 Å². The number of nitrogens with one attached hydrogen (secondary N) is 3. The first-order valence-corrected chi connectivity index (χ1v) is 13.2. The SMILES string of the molecule is COc1ccc(Oc2ccccc2)cc1Nc1cc2cc[nH]c(=O)c2c(Nc2ccccc2OCCC(C)C)n1. The summed E-state index contributed by atoms with van der Waals surface area (Å²) in [5.74, 6) is 4.12. The second-order valence-corrected chi connectivity index (χ2v) is 9.68. The van der Waals surface area contributed by atoms with Crippen LogP contribution in [0.25, 0.3) is 10.8 Å². The second kappa shape index (κ2) is 12.3. The van der Waals surface area contributed by atoms with Gasteiger partial charge in [-0.1, -0.05) is 44.2 Å². The van der Waals surface area contributed by atoms with E-state index in [9.17, 15) is 4.79 Å². The van der Waals surface area contributed by atoms with Gasteiger partial charge in [0.15, 0.2) is 0 Å². The first-order chi connectivity index (χ1) is 19.5. The molecule has 40 heavy (non-hydrogen) atoms. The zero-order valence-corrected chi connectivity index (χ0v) is 22.7. The van der Waals surface area contributed by atoms with Crippen LogP contribution in [-0.2, 0) is 0 Å². The number of fused-ring (bicyclic) bond motifs is 1. The Bertz CT molecular complexity index is 1650. The topological polar surface area (TPSA) is 97.5 Å². The van der Waals surface area contributed by atoms with Crippen LogP contribution in [0.1, 0.15) is 20.3 Å². The van der Waals surface area contributed by atoms with Gasteiger partial charge in [-0.25, -0.2) is 4.98 Å². The van der Waals surface area contributed by atoms with Crippen molar-refractivity contribution < 1.29 is 14.2 Å². The highest BCUT2D eigenvalue weighted by molar-refractivity contribution is 5.95. The fourth-order valence-corrected chi connectivity index (χ4v) is 4.21. The lowest BCUT2D eigenvalue weighted by Gasteiger charge is -2.17. The third-order valence-electron chi connectivity index (χ3n) is 6.26. The van der Waals surface area contributed by atoms with Crippen LogP contribution in [-0.4, -0.2) is 23.7 Å². The van der Waals surface area contributed by atoms with Crippen LogP contribution in [0.2, 0.25) is 0 Å². The predicted molar refractivity (Wildman–Crippen MR) is 160 cm³/mol. The van der Waals surface area contributed by atoms with Gasteiger partial charge < -0.3 is 29.8 Å². The molecule has 8 nitrogen and oxygen atoms in total. The van der Waals surface area contributed by atoms with E-state index >= 15 is 0 Å². The number of pyridine rings is 2. The quantitative estimate of drug-likeness (QED) is 0.160. The van der Waals surface area contributed by atoms with Crippen molar-refractivity contribution in [1.82, 2.24) is 9.97 Å². The highest BCUT2D eigenvalue weighted by Gasteiger charge is 2.14. The first-order valence-electron chi connectivity index (χ1n) is 13.2. The molecule has 0 fully saturated rings. The molecule has 0 saturated carbocycles. The lowest BCUT2D eigenvalue weighted by molar-refractivity contribution is 0.291. The minimum atomic E-state index is -0.243. The number of aromatic amines is 1. The molecule has 2 aromatic heterocycles. The molecule has 0 amide bonds. The highest BCUT2D eigenvalue weighted by atomic mass is 16.5. The molecule has 0 radical (unpaired) electrons. The monoisotopic (exact) mass is 536 g/mol. The number of rotatable bonds is 11. The molecule has 0 atom stereocenters. The number of nitrogens with zero attached hydrogens (tertiary/aromatic N) is 1. The van der Waals surface area contributed by atoms with Crippen LogP contribution in [0, 0.1) is 5.92 Å². The van der Waals surface area contributed by atoms with Crippen LogP contribution >= 0.6 is 0 Å². The Morgan fingerprint density at radius 2 is 1.65 bits per heavy atom. The molecule has 204 valence electrons. The van der Waals surface area contributed by atoms with Gasteiger partial charge in [0.25, 0.3) is 5.56 Å². The maximum Gasteiger partial charge on any atom is 0.259 e. The largest absolute Gasteiger partial charge is 0.495 e. The third kappa shape index (κ3) is 6.35. The molecule has 2 heterocycles. The number of ether oxygens (including phenoxy) is 3. The fraction of sp³-hybridized carbons (Fsp3) is 0.188. The summed E-state index contributed by atoms with van der Waals surface area (Å²) in [6, 6.07) is 26.4. The van der Waals surface area contributed by atoms with Gasteiger partial charge in [-0.3, -0.25) is 4.79 Å². The Morgan fingerprint density at radius 3 is 2.45 bits per heavy atom. The number of aromatic nitrogens is 2. The zero-order chi connectivity index (χ0) is 27.9. The molecule has 3 aromatic carbocycles. The molecule has 5 rings (SSSR count). The van der Waals surface area contributed by atoms with E-state index in [0.29, 0.717) is 52.5 Å². The molecule has 0 bridgehead atoms. The molecule has 0 aliphatic carbocycles. The van der Waals surface area contributed by atoms with Crippen molar-refractivity contribution in [2.75, 3.05) is 24.4 Å². The van der Waals surface area contributed by atoms with Crippen molar-refractivity contribution in [2.24, 2.45) is 5.92 Å². The zero-order valence-electron chi connectivity index (χ0n) is 22.7. The molecule has 8 heteroatoms. The van der Waals surface area contributed by atoms with E-state index in [2.05, 4.69) is 29.5 Å². The summed E-state index contributed by atoms with van der Waals surface area (Å²) >= 11 is 0. The van der Waals surface area contributed by atoms with Crippen molar-refractivity contribution in [3.63, 3.8) is 0 Å². The van der Waals surface area contributed by atoms with Gasteiger partial charge in [-0.2, -0.15) is 0 Å². The van der Waals surface area contributed by atoms with E-state index in [-0.39, 0.29) is 5.56 Å². The van der Waals surface area contributed by atoms with E-state index in [1.807, 2.05) is 84.9 Å². The minimum Gasteiger partial charge on any atom is -0.495 e. The molecular weight excluding hydrogens is 504 g/mol. The van der Waals surface area contributed by atoms with Crippen LogP contribution in [0.15, 0.2) is 95.9 Å². The third-order valence-corrected chi connectivity index (χ3v) is 6.26. The number of benzene rings is 3. The molecular formula is C32H32N4O4. The van der Waals surface area contributed by atoms with Crippen molar-refractivity contribution in [2.45, 2.75) is 20.3 Å². The fourth-order valence-electron chi connectivity index (χ4n) is 4.21. The summed E-state index contributed by atoms with van der Waals surface area (Å²) in [5, 5.41) is 7.85. The normalized spacial score (nSPS) is 10.9. The first kappa shape index (κ1) is 26.6. The van der Waals surface area contributed by atoms with Crippen LogP contribution < -0.4 is 30.4 Å². The molecule has 0 aliphatic rings. The van der Waals surface area contributed by atoms with E-state index in [4.69, 9.17) is 19.2 Å². The summed E-state index contributed by atoms with van der Waals surface area (Å²) < 4.78 is 17.7. The molecule has 3 N–H and O–H groups in total. The molecule has 0 aliphatic heterocycles. The summed E-state index contributed by atoms with van der Waals surface area (Å²) in [6.45, 7) is 4.91. The number of hydrogen-bond acceptors (Lipinski definition) is 7. The van der Waals surface area contributed by atoms with E-state index in [0.717, 1.165) is 23.2 Å². The Kier molecular flexibility index (Phi) is 8.15. The summed E-state index contributed by atoms with van der Waals surface area (Å²) in [5.41, 5.74) is 1.14. The number of H-pyrrole nitrogens is 1. The second-order valence-electron chi connectivity index (χ2n) is 9.68. The molecule has 0 saturated heterocycles. The van der Waals surface area contributed by atoms with E-state index < -0.39 is 0 Å². The Balaban J connectivity index is 1.49. The van der Waals surface area contributed by atoms with E-state index in [1.165, 1.54) is 0 Å². The standard InChI is InChI=1S/C32H32N4O4/c1-21(2)16-18-39-28-12-8-7-11-25(28)35-31-30-22(15-17-33-32(30)37)19-29(36-31)34-26-20-24(13-14-27(26)38-3)40-23-9-5-4-6-10-23/h4-15,17,19-21H,16,18H2,1-3H3,(H,33,37)(H2,34,35,36). The predicted octanol–water partition coefficient (Wildman–Crippen LogP) is 7.64. The van der Waals surface area contributed by atoms with Crippen LogP contribution in [0.4, 0.5) is 23.0 Å². The maximum atomic E-state index is 12.9. The summed E-state index contributed by atoms with van der Waals surface area (Å²) in [4.78, 5) is 20.4. The maximum absolute atomic E-state index is 12.9. The van der Waals surface area contributed by atoms with Gasteiger partial charge in [-0.15, -0.1) is 0 Å². The number of methoxy groups -OCH3 is 1. The Hall–Kier alpha value is -4.98.